The lowest BCUT2D eigenvalue weighted by Gasteiger charge is -2.14. The van der Waals surface area contributed by atoms with Crippen LogP contribution in [0.3, 0.4) is 0 Å². The van der Waals surface area contributed by atoms with Gasteiger partial charge in [0.15, 0.2) is 5.16 Å². The third-order valence-corrected chi connectivity index (χ3v) is 4.07. The van der Waals surface area contributed by atoms with Gasteiger partial charge in [0.1, 0.15) is 5.82 Å². The highest BCUT2D eigenvalue weighted by atomic mass is 35.5. The first-order valence-electron chi connectivity index (χ1n) is 5.91. The van der Waals surface area contributed by atoms with Crippen molar-refractivity contribution in [3.63, 3.8) is 0 Å². The molecule has 0 amide bonds. The number of nitrogens with zero attached hydrogens (tertiary/aromatic N) is 4. The van der Waals surface area contributed by atoms with Gasteiger partial charge in [0.25, 0.3) is 0 Å². The Morgan fingerprint density at radius 1 is 1.33 bits per heavy atom. The van der Waals surface area contributed by atoms with E-state index in [1.165, 1.54) is 11.8 Å². The van der Waals surface area contributed by atoms with Gasteiger partial charge in [-0.25, -0.2) is 0 Å². The molecule has 0 fully saturated rings. The SMILES string of the molecule is CSc1nnc([C@H](C)c2ncc(C(F)(F)F)cc2Cl)n1C. The highest BCUT2D eigenvalue weighted by Crippen LogP contribution is 2.34. The van der Waals surface area contributed by atoms with Crippen LogP contribution in [-0.2, 0) is 13.2 Å². The normalized spacial score (nSPS) is 13.5. The molecule has 0 aliphatic rings. The number of hydrogen-bond acceptors (Lipinski definition) is 4. The first-order valence-corrected chi connectivity index (χ1v) is 7.52. The molecule has 0 N–H and O–H groups in total. The first kappa shape index (κ1) is 16.1. The van der Waals surface area contributed by atoms with E-state index in [0.29, 0.717) is 16.7 Å². The third-order valence-electron chi connectivity index (χ3n) is 3.05. The maximum Gasteiger partial charge on any atom is 0.417 e. The number of thioether (sulfide) groups is 1. The summed E-state index contributed by atoms with van der Waals surface area (Å²) >= 11 is 7.37. The fraction of sp³-hybridized carbons (Fsp3) is 0.417. The van der Waals surface area contributed by atoms with Gasteiger partial charge in [0, 0.05) is 13.2 Å². The molecule has 0 saturated carbocycles. The molecule has 0 aliphatic carbocycles. The van der Waals surface area contributed by atoms with Gasteiger partial charge in [-0.1, -0.05) is 23.4 Å². The third kappa shape index (κ3) is 3.16. The first-order chi connectivity index (χ1) is 9.75. The molecule has 0 saturated heterocycles. The second-order valence-electron chi connectivity index (χ2n) is 4.41. The number of rotatable bonds is 3. The molecule has 2 rings (SSSR count). The minimum Gasteiger partial charge on any atom is -0.309 e. The number of halogens is 4. The maximum atomic E-state index is 12.6. The number of alkyl halides is 3. The Kier molecular flexibility index (Phi) is 4.48. The molecule has 0 spiro atoms. The lowest BCUT2D eigenvalue weighted by atomic mass is 10.1. The molecule has 0 aliphatic heterocycles. The Balaban J connectivity index is 2.39. The highest BCUT2D eigenvalue weighted by molar-refractivity contribution is 7.98. The van der Waals surface area contributed by atoms with Gasteiger partial charge in [-0.2, -0.15) is 13.2 Å². The lowest BCUT2D eigenvalue weighted by Crippen LogP contribution is -2.10. The summed E-state index contributed by atoms with van der Waals surface area (Å²) in [5, 5.41) is 8.71. The van der Waals surface area contributed by atoms with Crippen LogP contribution in [0.4, 0.5) is 13.2 Å². The van der Waals surface area contributed by atoms with Gasteiger partial charge in [-0.15, -0.1) is 10.2 Å². The van der Waals surface area contributed by atoms with Crippen molar-refractivity contribution < 1.29 is 13.2 Å². The van der Waals surface area contributed by atoms with E-state index in [2.05, 4.69) is 15.2 Å². The van der Waals surface area contributed by atoms with Crippen LogP contribution in [0.5, 0.6) is 0 Å². The van der Waals surface area contributed by atoms with Gasteiger partial charge in [0.05, 0.1) is 22.2 Å². The summed E-state index contributed by atoms with van der Waals surface area (Å²) in [4.78, 5) is 3.86. The van der Waals surface area contributed by atoms with Crippen molar-refractivity contribution in [1.82, 2.24) is 19.7 Å². The van der Waals surface area contributed by atoms with E-state index in [-0.39, 0.29) is 10.9 Å². The van der Waals surface area contributed by atoms with Crippen LogP contribution in [0.15, 0.2) is 17.4 Å². The van der Waals surface area contributed by atoms with E-state index in [1.807, 2.05) is 6.26 Å². The van der Waals surface area contributed by atoms with E-state index >= 15 is 0 Å². The molecular formula is C12H12ClF3N4S. The van der Waals surface area contributed by atoms with Crippen LogP contribution < -0.4 is 0 Å². The fourth-order valence-electron chi connectivity index (χ4n) is 1.93. The van der Waals surface area contributed by atoms with Gasteiger partial charge in [0.2, 0.25) is 0 Å². The quantitative estimate of drug-likeness (QED) is 0.801. The van der Waals surface area contributed by atoms with Crippen LogP contribution in [0.2, 0.25) is 5.02 Å². The van der Waals surface area contributed by atoms with Crippen molar-refractivity contribution in [2.24, 2.45) is 7.05 Å². The van der Waals surface area contributed by atoms with Gasteiger partial charge in [-0.3, -0.25) is 4.98 Å². The standard InChI is InChI=1S/C12H12ClF3N4S/c1-6(10-18-19-11(21-3)20(10)2)9-8(13)4-7(5-17-9)12(14,15)16/h4-6H,1-3H3/t6-/m1/s1. The van der Waals surface area contributed by atoms with Crippen LogP contribution in [0.1, 0.15) is 29.9 Å². The maximum absolute atomic E-state index is 12.6. The van der Waals surface area contributed by atoms with Crippen LogP contribution >= 0.6 is 23.4 Å². The number of hydrogen-bond donors (Lipinski definition) is 0. The van der Waals surface area contributed by atoms with E-state index in [0.717, 1.165) is 12.3 Å². The Bertz CT molecular complexity index is 656. The van der Waals surface area contributed by atoms with Crippen LogP contribution in [0.25, 0.3) is 0 Å². The second kappa shape index (κ2) is 5.84. The smallest absolute Gasteiger partial charge is 0.309 e. The molecule has 4 nitrogen and oxygen atoms in total. The van der Waals surface area contributed by atoms with Crippen LogP contribution in [-0.4, -0.2) is 26.0 Å². The average molecular weight is 337 g/mol. The minimum atomic E-state index is -4.46. The molecule has 2 aromatic rings. The molecule has 0 unspecified atom stereocenters. The molecule has 0 bridgehead atoms. The van der Waals surface area contributed by atoms with Crippen molar-refractivity contribution >= 4 is 23.4 Å². The number of aromatic nitrogens is 4. The summed E-state index contributed by atoms with van der Waals surface area (Å²) in [6.45, 7) is 1.77. The summed E-state index contributed by atoms with van der Waals surface area (Å²) in [6.07, 6.45) is -1.82. The van der Waals surface area contributed by atoms with E-state index in [4.69, 9.17) is 11.6 Å². The number of pyridine rings is 1. The zero-order valence-corrected chi connectivity index (χ0v) is 13.0. The van der Waals surface area contributed by atoms with Gasteiger partial charge in [-0.05, 0) is 19.2 Å². The molecule has 0 radical (unpaired) electrons. The largest absolute Gasteiger partial charge is 0.417 e. The van der Waals surface area contributed by atoms with Crippen LogP contribution in [0, 0.1) is 0 Å². The van der Waals surface area contributed by atoms with E-state index in [1.54, 1.807) is 18.5 Å². The molecular weight excluding hydrogens is 325 g/mol. The zero-order valence-electron chi connectivity index (χ0n) is 11.4. The van der Waals surface area contributed by atoms with Crippen molar-refractivity contribution in [3.05, 3.63) is 34.4 Å². The fourth-order valence-corrected chi connectivity index (χ4v) is 2.75. The van der Waals surface area contributed by atoms with Gasteiger partial charge >= 0.3 is 6.18 Å². The zero-order chi connectivity index (χ0) is 15.8. The second-order valence-corrected chi connectivity index (χ2v) is 5.60. The summed E-state index contributed by atoms with van der Waals surface area (Å²) in [5.74, 6) is 0.228. The van der Waals surface area contributed by atoms with Crippen molar-refractivity contribution in [2.45, 2.75) is 24.2 Å². The van der Waals surface area contributed by atoms with E-state index < -0.39 is 11.7 Å². The Labute approximate surface area is 128 Å². The minimum absolute atomic E-state index is 0.0361. The highest BCUT2D eigenvalue weighted by Gasteiger charge is 2.32. The molecule has 21 heavy (non-hydrogen) atoms. The summed E-state index contributed by atoms with van der Waals surface area (Å²) < 4.78 is 39.6. The molecule has 9 heteroatoms. The Morgan fingerprint density at radius 3 is 2.48 bits per heavy atom. The molecule has 1 atom stereocenters. The molecule has 2 heterocycles. The predicted octanol–water partition coefficient (Wildman–Crippen LogP) is 3.76. The van der Waals surface area contributed by atoms with E-state index in [9.17, 15) is 13.2 Å². The summed E-state index contributed by atoms with van der Waals surface area (Å²) in [7, 11) is 1.79. The molecule has 0 aromatic carbocycles. The molecule has 2 aromatic heterocycles. The van der Waals surface area contributed by atoms with Crippen molar-refractivity contribution in [1.29, 1.82) is 0 Å². The van der Waals surface area contributed by atoms with Gasteiger partial charge < -0.3 is 4.57 Å². The lowest BCUT2D eigenvalue weighted by molar-refractivity contribution is -0.137. The average Bonchev–Trinajstić information content (AvgIpc) is 2.78. The monoisotopic (exact) mass is 336 g/mol. The van der Waals surface area contributed by atoms with Crippen molar-refractivity contribution in [3.8, 4) is 0 Å². The van der Waals surface area contributed by atoms with Crippen molar-refractivity contribution in [2.75, 3.05) is 6.26 Å². The Morgan fingerprint density at radius 2 is 2.00 bits per heavy atom. The molecule has 114 valence electrons. The summed E-state index contributed by atoms with van der Waals surface area (Å²) in [6, 6.07) is 0.881. The summed E-state index contributed by atoms with van der Waals surface area (Å²) in [5.41, 5.74) is -0.529. The Hall–Kier alpha value is -1.28. The topological polar surface area (TPSA) is 43.6 Å². The predicted molar refractivity (Wildman–Crippen MR) is 74.6 cm³/mol.